The van der Waals surface area contributed by atoms with Gasteiger partial charge in [-0.25, -0.2) is 18.9 Å². The molecular weight excluding hydrogens is 434 g/mol. The van der Waals surface area contributed by atoms with E-state index < -0.39 is 0 Å². The second kappa shape index (κ2) is 9.62. The number of hydrogen-bond donors (Lipinski definition) is 1. The molecule has 0 atom stereocenters. The molecule has 4 aromatic rings. The topological polar surface area (TPSA) is 81.3 Å². The molecule has 7 nitrogen and oxygen atoms in total. The quantitative estimate of drug-likeness (QED) is 0.448. The molecule has 0 bridgehead atoms. The van der Waals surface area contributed by atoms with Gasteiger partial charge in [-0.2, -0.15) is 0 Å². The number of aryl methyl sites for hydroxylation is 2. The largest absolute Gasteiger partial charge is 0.350 e. The standard InChI is InChI=1S/C25H27N5O2S/c1-16(2)20-8-6-19(7-9-20)14-27-22(31)15-30-25(32)29-12-11-26-24(23(29)28-30)33-21-10-5-17(3)13-18(21)4/h5-13,16H,14-15H2,1-4H3,(H,27,31). The first-order chi connectivity index (χ1) is 15.8. The molecule has 0 radical (unpaired) electrons. The molecule has 0 saturated heterocycles. The Labute approximate surface area is 196 Å². The molecule has 0 fully saturated rings. The summed E-state index contributed by atoms with van der Waals surface area (Å²) in [4.78, 5) is 30.8. The van der Waals surface area contributed by atoms with Crippen molar-refractivity contribution < 1.29 is 4.79 Å². The molecule has 2 aromatic carbocycles. The van der Waals surface area contributed by atoms with Crippen LogP contribution in [0.2, 0.25) is 0 Å². The van der Waals surface area contributed by atoms with Gasteiger partial charge in [-0.05, 0) is 42.5 Å². The van der Waals surface area contributed by atoms with Crippen LogP contribution < -0.4 is 11.0 Å². The average Bonchev–Trinajstić information content (AvgIpc) is 3.10. The first-order valence-corrected chi connectivity index (χ1v) is 11.7. The van der Waals surface area contributed by atoms with Gasteiger partial charge in [0.05, 0.1) is 0 Å². The first kappa shape index (κ1) is 22.8. The number of nitrogens with zero attached hydrogens (tertiary/aromatic N) is 4. The number of fused-ring (bicyclic) bond motifs is 1. The lowest BCUT2D eigenvalue weighted by Crippen LogP contribution is -2.32. The monoisotopic (exact) mass is 461 g/mol. The number of rotatable bonds is 7. The van der Waals surface area contributed by atoms with Crippen molar-refractivity contribution in [1.82, 2.24) is 24.5 Å². The van der Waals surface area contributed by atoms with Crippen LogP contribution in [0.5, 0.6) is 0 Å². The van der Waals surface area contributed by atoms with Gasteiger partial charge in [-0.3, -0.25) is 4.79 Å². The van der Waals surface area contributed by atoms with Crippen molar-refractivity contribution in [2.75, 3.05) is 0 Å². The molecule has 2 heterocycles. The molecule has 2 aromatic heterocycles. The van der Waals surface area contributed by atoms with Crippen LogP contribution in [0.15, 0.2) is 69.6 Å². The highest BCUT2D eigenvalue weighted by Gasteiger charge is 2.15. The maximum atomic E-state index is 12.8. The number of nitrogens with one attached hydrogen (secondary N) is 1. The Morgan fingerprint density at radius 2 is 1.88 bits per heavy atom. The fourth-order valence-electron chi connectivity index (χ4n) is 3.53. The van der Waals surface area contributed by atoms with Crippen molar-refractivity contribution in [3.8, 4) is 0 Å². The number of carbonyl (C=O) groups excluding carboxylic acids is 1. The summed E-state index contributed by atoms with van der Waals surface area (Å²) >= 11 is 1.46. The second-order valence-electron chi connectivity index (χ2n) is 8.41. The van der Waals surface area contributed by atoms with Crippen molar-refractivity contribution in [3.63, 3.8) is 0 Å². The van der Waals surface area contributed by atoms with Gasteiger partial charge >= 0.3 is 5.69 Å². The molecule has 0 spiro atoms. The van der Waals surface area contributed by atoms with E-state index in [0.717, 1.165) is 16.0 Å². The van der Waals surface area contributed by atoms with E-state index >= 15 is 0 Å². The molecule has 33 heavy (non-hydrogen) atoms. The maximum absolute atomic E-state index is 12.8. The van der Waals surface area contributed by atoms with E-state index in [1.807, 2.05) is 38.1 Å². The molecule has 1 N–H and O–H groups in total. The Kier molecular flexibility index (Phi) is 6.65. The van der Waals surface area contributed by atoms with Gasteiger partial charge in [0.15, 0.2) is 5.65 Å². The van der Waals surface area contributed by atoms with Gasteiger partial charge in [-0.15, -0.1) is 5.10 Å². The predicted molar refractivity (Wildman–Crippen MR) is 130 cm³/mol. The summed E-state index contributed by atoms with van der Waals surface area (Å²) in [6, 6.07) is 14.3. The number of aromatic nitrogens is 4. The zero-order valence-corrected chi connectivity index (χ0v) is 20.0. The lowest BCUT2D eigenvalue weighted by atomic mass is 10.0. The Hall–Kier alpha value is -3.39. The maximum Gasteiger partial charge on any atom is 0.350 e. The highest BCUT2D eigenvalue weighted by Crippen LogP contribution is 2.31. The smallest absolute Gasteiger partial charge is 0.350 e. The third kappa shape index (κ3) is 5.17. The van der Waals surface area contributed by atoms with E-state index in [4.69, 9.17) is 0 Å². The minimum atomic E-state index is -0.369. The molecular formula is C25H27N5O2S. The average molecular weight is 462 g/mol. The van der Waals surface area contributed by atoms with Crippen molar-refractivity contribution in [3.05, 3.63) is 87.6 Å². The third-order valence-electron chi connectivity index (χ3n) is 5.44. The second-order valence-corrected chi connectivity index (χ2v) is 9.44. The summed E-state index contributed by atoms with van der Waals surface area (Å²) < 4.78 is 2.61. The molecule has 170 valence electrons. The van der Waals surface area contributed by atoms with Gasteiger partial charge in [-0.1, -0.05) is 67.6 Å². The summed E-state index contributed by atoms with van der Waals surface area (Å²) in [7, 11) is 0. The lowest BCUT2D eigenvalue weighted by molar-refractivity contribution is -0.122. The molecule has 4 rings (SSSR count). The molecule has 0 saturated carbocycles. The van der Waals surface area contributed by atoms with Crippen molar-refractivity contribution in [1.29, 1.82) is 0 Å². The summed E-state index contributed by atoms with van der Waals surface area (Å²) in [5.41, 5.74) is 4.64. The highest BCUT2D eigenvalue weighted by molar-refractivity contribution is 7.99. The SMILES string of the molecule is Cc1ccc(Sc2nccn3c(=O)n(CC(=O)NCc4ccc(C(C)C)cc4)nc23)c(C)c1. The van der Waals surface area contributed by atoms with Crippen LogP contribution in [0.4, 0.5) is 0 Å². The Morgan fingerprint density at radius 1 is 1.12 bits per heavy atom. The Bertz CT molecular complexity index is 1360. The number of hydrogen-bond acceptors (Lipinski definition) is 5. The minimum Gasteiger partial charge on any atom is -0.350 e. The van der Waals surface area contributed by atoms with E-state index in [9.17, 15) is 9.59 Å². The van der Waals surface area contributed by atoms with Gasteiger partial charge < -0.3 is 5.32 Å². The third-order valence-corrected chi connectivity index (χ3v) is 6.60. The predicted octanol–water partition coefficient (Wildman–Crippen LogP) is 4.10. The molecule has 0 unspecified atom stereocenters. The van der Waals surface area contributed by atoms with Gasteiger partial charge in [0.2, 0.25) is 5.91 Å². The normalized spacial score (nSPS) is 11.3. The van der Waals surface area contributed by atoms with E-state index in [0.29, 0.717) is 23.1 Å². The van der Waals surface area contributed by atoms with Crippen LogP contribution in [-0.2, 0) is 17.9 Å². The molecule has 0 aliphatic carbocycles. The number of benzene rings is 2. The van der Waals surface area contributed by atoms with Crippen molar-refractivity contribution in [2.45, 2.75) is 56.6 Å². The number of carbonyl (C=O) groups is 1. The van der Waals surface area contributed by atoms with E-state index in [2.05, 4.69) is 47.4 Å². The molecule has 8 heteroatoms. The fraction of sp³-hybridized carbons (Fsp3) is 0.280. The van der Waals surface area contributed by atoms with E-state index in [1.54, 1.807) is 12.4 Å². The first-order valence-electron chi connectivity index (χ1n) is 10.9. The summed E-state index contributed by atoms with van der Waals surface area (Å²) in [6.45, 7) is 8.62. The van der Waals surface area contributed by atoms with Crippen LogP contribution >= 0.6 is 11.8 Å². The van der Waals surface area contributed by atoms with Crippen molar-refractivity contribution in [2.24, 2.45) is 0 Å². The van der Waals surface area contributed by atoms with Gasteiger partial charge in [0.1, 0.15) is 11.6 Å². The van der Waals surface area contributed by atoms with E-state index in [-0.39, 0.29) is 18.1 Å². The zero-order valence-electron chi connectivity index (χ0n) is 19.2. The molecule has 0 aliphatic rings. The van der Waals surface area contributed by atoms with Gasteiger partial charge in [0.25, 0.3) is 0 Å². The van der Waals surface area contributed by atoms with Crippen LogP contribution in [0.1, 0.15) is 42.0 Å². The minimum absolute atomic E-state index is 0.155. The zero-order chi connectivity index (χ0) is 23.5. The summed E-state index contributed by atoms with van der Waals surface area (Å²) in [5, 5.41) is 7.89. The lowest BCUT2D eigenvalue weighted by Gasteiger charge is -2.08. The highest BCUT2D eigenvalue weighted by atomic mass is 32.2. The van der Waals surface area contributed by atoms with E-state index in [1.165, 1.54) is 32.0 Å². The Morgan fingerprint density at radius 3 is 2.58 bits per heavy atom. The van der Waals surface area contributed by atoms with Crippen LogP contribution in [0.3, 0.4) is 0 Å². The molecule has 1 amide bonds. The summed E-state index contributed by atoms with van der Waals surface area (Å²) in [6.07, 6.45) is 3.15. The Balaban J connectivity index is 1.49. The number of amides is 1. The van der Waals surface area contributed by atoms with Crippen LogP contribution in [-0.4, -0.2) is 25.1 Å². The summed E-state index contributed by atoms with van der Waals surface area (Å²) in [5.74, 6) is 0.188. The fourth-order valence-corrected chi connectivity index (χ4v) is 4.44. The molecule has 0 aliphatic heterocycles. The van der Waals surface area contributed by atoms with Crippen LogP contribution in [0.25, 0.3) is 5.65 Å². The van der Waals surface area contributed by atoms with Crippen molar-refractivity contribution >= 4 is 23.3 Å². The van der Waals surface area contributed by atoms with Gasteiger partial charge in [0, 0.05) is 23.8 Å². The van der Waals surface area contributed by atoms with Crippen LogP contribution in [0, 0.1) is 13.8 Å².